The molecule has 2 N–H and O–H groups in total. The van der Waals surface area contributed by atoms with Crippen LogP contribution >= 0.6 is 11.6 Å². The summed E-state index contributed by atoms with van der Waals surface area (Å²) in [6.45, 7) is 15.4. The highest BCUT2D eigenvalue weighted by Crippen LogP contribution is 2.38. The number of alkyl halides is 1. The summed E-state index contributed by atoms with van der Waals surface area (Å²) < 4.78 is 12.1. The Morgan fingerprint density at radius 3 is 1.90 bits per heavy atom. The Morgan fingerprint density at radius 1 is 0.931 bits per heavy atom. The van der Waals surface area contributed by atoms with E-state index in [1.807, 2.05) is 48.5 Å². The van der Waals surface area contributed by atoms with E-state index in [9.17, 15) is 9.59 Å². The third-order valence-electron chi connectivity index (χ3n) is 5.67. The summed E-state index contributed by atoms with van der Waals surface area (Å²) in [5.41, 5.74) is -2.02. The fourth-order valence-electron chi connectivity index (χ4n) is 3.52. The number of halogens is 1. The van der Waals surface area contributed by atoms with Gasteiger partial charge in [0.25, 0.3) is 0 Å². The summed E-state index contributed by atoms with van der Waals surface area (Å²) in [5, 5.41) is 5.96. The van der Waals surface area contributed by atoms with Crippen molar-refractivity contribution in [1.29, 1.82) is 0 Å². The van der Waals surface area contributed by atoms with Crippen LogP contribution in [0.1, 0.15) is 87.5 Å². The molecule has 1 aliphatic heterocycles. The number of nitrogens with one attached hydrogen (secondary N) is 2. The Labute approximate surface area is 182 Å². The molecule has 0 spiro atoms. The van der Waals surface area contributed by atoms with E-state index in [0.29, 0.717) is 25.1 Å². The smallest absolute Gasteiger partial charge is 0.403 e. The van der Waals surface area contributed by atoms with Crippen molar-refractivity contribution in [3.8, 4) is 0 Å². The number of hydrogen-bond acceptors (Lipinski definition) is 4. The molecule has 2 amide bonds. The van der Waals surface area contributed by atoms with Gasteiger partial charge in [-0.1, -0.05) is 12.8 Å². The molecule has 6 nitrogen and oxygen atoms in total. The maximum Gasteiger partial charge on any atom is 0.457 e. The van der Waals surface area contributed by atoms with Gasteiger partial charge in [0.2, 0.25) is 11.8 Å². The molecule has 8 heteroatoms. The van der Waals surface area contributed by atoms with Gasteiger partial charge in [-0.2, -0.15) is 0 Å². The van der Waals surface area contributed by atoms with Gasteiger partial charge in [-0.15, -0.1) is 11.6 Å². The van der Waals surface area contributed by atoms with E-state index in [2.05, 4.69) is 10.6 Å². The highest BCUT2D eigenvalue weighted by Gasteiger charge is 2.50. The van der Waals surface area contributed by atoms with Crippen LogP contribution in [0.2, 0.25) is 6.32 Å². The van der Waals surface area contributed by atoms with Gasteiger partial charge in [-0.05, 0) is 74.0 Å². The second-order valence-corrected chi connectivity index (χ2v) is 10.6. The molecule has 0 aromatic heterocycles. The highest BCUT2D eigenvalue weighted by molar-refractivity contribution is 6.45. The standard InChI is InChI=1S/C21H40BClN2O4/c1-16(26)24-21(13-11-15-23,17(27)25-18(2,3)4)12-9-10-14-22-28-19(5,6)20(7,8)29-22/h9-15H2,1-8H3,(H,24,26)(H,25,27). The molecule has 1 rings (SSSR count). The summed E-state index contributed by atoms with van der Waals surface area (Å²) in [4.78, 5) is 25.0. The lowest BCUT2D eigenvalue weighted by Crippen LogP contribution is -2.61. The van der Waals surface area contributed by atoms with Crippen LogP contribution in [0.4, 0.5) is 0 Å². The minimum absolute atomic E-state index is 0.152. The van der Waals surface area contributed by atoms with E-state index in [4.69, 9.17) is 20.9 Å². The zero-order valence-corrected chi connectivity index (χ0v) is 20.3. The molecule has 1 heterocycles. The van der Waals surface area contributed by atoms with Gasteiger partial charge in [0.05, 0.1) is 11.2 Å². The van der Waals surface area contributed by atoms with Crippen LogP contribution in [0.15, 0.2) is 0 Å². The van der Waals surface area contributed by atoms with E-state index >= 15 is 0 Å². The molecule has 168 valence electrons. The molecule has 1 aliphatic rings. The van der Waals surface area contributed by atoms with Crippen molar-refractivity contribution in [2.75, 3.05) is 5.88 Å². The Morgan fingerprint density at radius 2 is 1.45 bits per heavy atom. The zero-order valence-electron chi connectivity index (χ0n) is 19.5. The number of carbonyl (C=O) groups is 2. The molecule has 0 aromatic carbocycles. The molecule has 1 saturated heterocycles. The monoisotopic (exact) mass is 430 g/mol. The molecule has 0 aliphatic carbocycles. The van der Waals surface area contributed by atoms with Crippen molar-refractivity contribution < 1.29 is 18.9 Å². The molecule has 0 saturated carbocycles. The molecule has 0 aromatic rings. The number of carbonyl (C=O) groups excluding carboxylic acids is 2. The molecule has 1 fully saturated rings. The van der Waals surface area contributed by atoms with Crippen LogP contribution in [0, 0.1) is 0 Å². The van der Waals surface area contributed by atoms with E-state index in [1.165, 1.54) is 6.92 Å². The summed E-state index contributed by atoms with van der Waals surface area (Å²) in [5.74, 6) is 0.0773. The second-order valence-electron chi connectivity index (χ2n) is 10.2. The van der Waals surface area contributed by atoms with E-state index < -0.39 is 5.54 Å². The fraction of sp³-hybridized carbons (Fsp3) is 0.905. The van der Waals surface area contributed by atoms with Gasteiger partial charge in [0, 0.05) is 18.3 Å². The lowest BCUT2D eigenvalue weighted by atomic mass is 9.79. The predicted octanol–water partition coefficient (Wildman–Crippen LogP) is 4.06. The lowest BCUT2D eigenvalue weighted by molar-refractivity contribution is -0.134. The van der Waals surface area contributed by atoms with E-state index in [0.717, 1.165) is 19.2 Å². The summed E-state index contributed by atoms with van der Waals surface area (Å²) in [7, 11) is -0.249. The first kappa shape index (κ1) is 26.3. The first-order chi connectivity index (χ1) is 13.1. The van der Waals surface area contributed by atoms with Crippen LogP contribution in [0.25, 0.3) is 0 Å². The Balaban J connectivity index is 2.78. The second kappa shape index (κ2) is 10.0. The first-order valence-electron chi connectivity index (χ1n) is 10.7. The quantitative estimate of drug-likeness (QED) is 0.311. The molecule has 0 bridgehead atoms. The third-order valence-corrected chi connectivity index (χ3v) is 5.94. The summed E-state index contributed by atoms with van der Waals surface area (Å²) >= 11 is 5.91. The van der Waals surface area contributed by atoms with Crippen LogP contribution < -0.4 is 10.6 Å². The number of unbranched alkanes of at least 4 members (excludes halogenated alkanes) is 1. The van der Waals surface area contributed by atoms with Crippen LogP contribution in [-0.4, -0.2) is 47.1 Å². The normalized spacial score (nSPS) is 20.2. The average molecular weight is 431 g/mol. The number of amides is 2. The van der Waals surface area contributed by atoms with Crippen LogP contribution in [-0.2, 0) is 18.9 Å². The molecular weight excluding hydrogens is 391 g/mol. The maximum absolute atomic E-state index is 13.1. The zero-order chi connectivity index (χ0) is 22.5. The molecule has 29 heavy (non-hydrogen) atoms. The predicted molar refractivity (Wildman–Crippen MR) is 119 cm³/mol. The number of hydrogen-bond donors (Lipinski definition) is 2. The Bertz CT molecular complexity index is 562. The van der Waals surface area contributed by atoms with Crippen molar-refractivity contribution in [1.82, 2.24) is 10.6 Å². The fourth-order valence-corrected chi connectivity index (χ4v) is 3.65. The Hall–Kier alpha value is -0.785. The van der Waals surface area contributed by atoms with Crippen LogP contribution in [0.5, 0.6) is 0 Å². The van der Waals surface area contributed by atoms with E-state index in [-0.39, 0.29) is 35.7 Å². The number of rotatable bonds is 10. The molecular formula is C21H40BClN2O4. The third kappa shape index (κ3) is 7.76. The van der Waals surface area contributed by atoms with Crippen molar-refractivity contribution >= 4 is 30.5 Å². The van der Waals surface area contributed by atoms with E-state index in [1.54, 1.807) is 0 Å². The largest absolute Gasteiger partial charge is 0.457 e. The van der Waals surface area contributed by atoms with Gasteiger partial charge in [-0.25, -0.2) is 0 Å². The lowest BCUT2D eigenvalue weighted by Gasteiger charge is -2.36. The Kier molecular flexibility index (Phi) is 9.07. The summed E-state index contributed by atoms with van der Waals surface area (Å²) in [6.07, 6.45) is 4.06. The van der Waals surface area contributed by atoms with Crippen molar-refractivity contribution in [2.45, 2.75) is 116 Å². The average Bonchev–Trinajstić information content (AvgIpc) is 2.74. The summed E-state index contributed by atoms with van der Waals surface area (Å²) in [6, 6.07) is 0. The van der Waals surface area contributed by atoms with Gasteiger partial charge >= 0.3 is 7.12 Å². The van der Waals surface area contributed by atoms with Crippen LogP contribution in [0.3, 0.4) is 0 Å². The van der Waals surface area contributed by atoms with Gasteiger partial charge in [0.1, 0.15) is 5.54 Å². The van der Waals surface area contributed by atoms with Crippen molar-refractivity contribution in [3.63, 3.8) is 0 Å². The molecule has 0 radical (unpaired) electrons. The van der Waals surface area contributed by atoms with Crippen molar-refractivity contribution in [3.05, 3.63) is 0 Å². The van der Waals surface area contributed by atoms with Gasteiger partial charge < -0.3 is 19.9 Å². The SMILES string of the molecule is CC(=O)NC(CCCCl)(CCCCB1OC(C)(C)C(C)(C)O1)C(=O)NC(C)(C)C. The first-order valence-corrected chi connectivity index (χ1v) is 11.2. The van der Waals surface area contributed by atoms with Gasteiger partial charge in [0.15, 0.2) is 0 Å². The maximum atomic E-state index is 13.1. The minimum atomic E-state index is -0.954. The molecule has 1 unspecified atom stereocenters. The van der Waals surface area contributed by atoms with Crippen molar-refractivity contribution in [2.24, 2.45) is 0 Å². The highest BCUT2D eigenvalue weighted by atomic mass is 35.5. The molecule has 1 atom stereocenters. The topological polar surface area (TPSA) is 76.7 Å². The minimum Gasteiger partial charge on any atom is -0.403 e. The van der Waals surface area contributed by atoms with Gasteiger partial charge in [-0.3, -0.25) is 9.59 Å².